The molecular weight excluding hydrogens is 172 g/mol. The molecule has 0 saturated heterocycles. The van der Waals surface area contributed by atoms with Gasteiger partial charge in [-0.3, -0.25) is 4.79 Å². The van der Waals surface area contributed by atoms with E-state index in [1.54, 1.807) is 6.92 Å². The first kappa shape index (κ1) is 8.22. The fourth-order valence-corrected chi connectivity index (χ4v) is 3.12. The molecule has 0 heterocycles. The molecule has 14 heavy (non-hydrogen) atoms. The van der Waals surface area contributed by atoms with Gasteiger partial charge in [-0.25, -0.2) is 0 Å². The lowest BCUT2D eigenvalue weighted by molar-refractivity contribution is -0.118. The van der Waals surface area contributed by atoms with E-state index >= 15 is 0 Å². The van der Waals surface area contributed by atoms with E-state index in [9.17, 15) is 4.79 Å². The second-order valence-electron chi connectivity index (χ2n) is 4.56. The molecule has 3 rings (SSSR count). The number of hydrogen-bond acceptors (Lipinski definition) is 1. The number of hydrogen-bond donors (Lipinski definition) is 0. The van der Waals surface area contributed by atoms with Crippen molar-refractivity contribution in [2.75, 3.05) is 0 Å². The fourth-order valence-electron chi connectivity index (χ4n) is 3.12. The summed E-state index contributed by atoms with van der Waals surface area (Å²) >= 11 is 0. The van der Waals surface area contributed by atoms with Crippen LogP contribution in [0.25, 0.3) is 0 Å². The van der Waals surface area contributed by atoms with Gasteiger partial charge in [0, 0.05) is 5.92 Å². The van der Waals surface area contributed by atoms with E-state index < -0.39 is 0 Å². The average Bonchev–Trinajstić information content (AvgIpc) is 2.92. The smallest absolute Gasteiger partial charge is 0.133 e. The van der Waals surface area contributed by atoms with Crippen molar-refractivity contribution in [3.8, 4) is 0 Å². The van der Waals surface area contributed by atoms with E-state index in [1.807, 2.05) is 0 Å². The molecule has 0 aliphatic heterocycles. The lowest BCUT2D eigenvalue weighted by Crippen LogP contribution is -2.00. The molecule has 0 radical (unpaired) electrons. The van der Waals surface area contributed by atoms with Gasteiger partial charge in [-0.15, -0.1) is 0 Å². The lowest BCUT2D eigenvalue weighted by Gasteiger charge is -2.13. The molecule has 1 heteroatoms. The first-order valence-electron chi connectivity index (χ1n) is 5.37. The van der Waals surface area contributed by atoms with Gasteiger partial charge in [-0.2, -0.15) is 0 Å². The Bertz CT molecular complexity index is 394. The molecule has 2 aliphatic rings. The largest absolute Gasteiger partial charge is 0.300 e. The Morgan fingerprint density at radius 2 is 2.14 bits per heavy atom. The van der Waals surface area contributed by atoms with Gasteiger partial charge in [-0.1, -0.05) is 24.3 Å². The summed E-state index contributed by atoms with van der Waals surface area (Å²) in [5.74, 6) is 1.97. The van der Waals surface area contributed by atoms with Gasteiger partial charge in [0.05, 0.1) is 0 Å². The molecule has 0 bridgehead atoms. The molecule has 1 saturated carbocycles. The molecule has 1 fully saturated rings. The zero-order chi connectivity index (χ0) is 9.71. The minimum Gasteiger partial charge on any atom is -0.300 e. The highest BCUT2D eigenvalue weighted by atomic mass is 16.1. The topological polar surface area (TPSA) is 17.1 Å². The van der Waals surface area contributed by atoms with Crippen molar-refractivity contribution < 1.29 is 4.79 Å². The molecule has 0 N–H and O–H groups in total. The number of aryl methyl sites for hydroxylation is 1. The maximum atomic E-state index is 11.4. The van der Waals surface area contributed by atoms with Crippen molar-refractivity contribution >= 4 is 5.78 Å². The van der Waals surface area contributed by atoms with Gasteiger partial charge in [-0.05, 0) is 42.7 Å². The second kappa shape index (κ2) is 2.69. The number of benzene rings is 1. The normalized spacial score (nSPS) is 33.1. The van der Waals surface area contributed by atoms with Crippen molar-refractivity contribution in [3.63, 3.8) is 0 Å². The summed E-state index contributed by atoms with van der Waals surface area (Å²) in [7, 11) is 0. The van der Waals surface area contributed by atoms with Gasteiger partial charge in [0.15, 0.2) is 0 Å². The number of carbonyl (C=O) groups excluding carboxylic acids is 1. The third-order valence-electron chi connectivity index (χ3n) is 3.80. The van der Waals surface area contributed by atoms with Crippen LogP contribution in [-0.2, 0) is 11.2 Å². The van der Waals surface area contributed by atoms with Crippen LogP contribution in [0.4, 0.5) is 0 Å². The van der Waals surface area contributed by atoms with Crippen molar-refractivity contribution in [2.24, 2.45) is 11.8 Å². The first-order valence-corrected chi connectivity index (χ1v) is 5.37. The Kier molecular flexibility index (Phi) is 1.58. The maximum absolute atomic E-state index is 11.4. The zero-order valence-electron chi connectivity index (χ0n) is 8.36. The highest BCUT2D eigenvalue weighted by molar-refractivity contribution is 5.83. The third kappa shape index (κ3) is 0.985. The summed E-state index contributed by atoms with van der Waals surface area (Å²) in [6.45, 7) is 1.74. The van der Waals surface area contributed by atoms with Crippen LogP contribution in [0.5, 0.6) is 0 Å². The molecule has 3 atom stereocenters. The van der Waals surface area contributed by atoms with Crippen molar-refractivity contribution in [1.82, 2.24) is 0 Å². The molecule has 0 unspecified atom stereocenters. The SMILES string of the molecule is CC(=O)[C@H]1[C@@H]2CCc3ccccc3[C@@H]21. The zero-order valence-corrected chi connectivity index (χ0v) is 8.36. The number of ketones is 1. The summed E-state index contributed by atoms with van der Waals surface area (Å²) in [6, 6.07) is 8.61. The third-order valence-corrected chi connectivity index (χ3v) is 3.80. The van der Waals surface area contributed by atoms with Crippen molar-refractivity contribution in [3.05, 3.63) is 35.4 Å². The van der Waals surface area contributed by atoms with Crippen LogP contribution >= 0.6 is 0 Å². The molecule has 1 aromatic carbocycles. The van der Waals surface area contributed by atoms with Crippen LogP contribution in [0.1, 0.15) is 30.4 Å². The van der Waals surface area contributed by atoms with E-state index in [0.29, 0.717) is 23.5 Å². The second-order valence-corrected chi connectivity index (χ2v) is 4.56. The Balaban J connectivity index is 2.00. The highest BCUT2D eigenvalue weighted by Crippen LogP contribution is 2.59. The Morgan fingerprint density at radius 3 is 2.93 bits per heavy atom. The van der Waals surface area contributed by atoms with E-state index in [2.05, 4.69) is 24.3 Å². The predicted octanol–water partition coefficient (Wildman–Crippen LogP) is 2.55. The highest BCUT2D eigenvalue weighted by Gasteiger charge is 2.55. The van der Waals surface area contributed by atoms with Crippen LogP contribution < -0.4 is 0 Å². The molecule has 0 amide bonds. The molecule has 1 nitrogen and oxygen atoms in total. The van der Waals surface area contributed by atoms with Crippen molar-refractivity contribution in [1.29, 1.82) is 0 Å². The molecule has 72 valence electrons. The van der Waals surface area contributed by atoms with E-state index in [0.717, 1.165) is 0 Å². The van der Waals surface area contributed by atoms with Crippen LogP contribution in [0.15, 0.2) is 24.3 Å². The van der Waals surface area contributed by atoms with E-state index in [-0.39, 0.29) is 0 Å². The summed E-state index contributed by atoms with van der Waals surface area (Å²) in [6.07, 6.45) is 2.38. The summed E-state index contributed by atoms with van der Waals surface area (Å²) in [4.78, 5) is 11.4. The molecule has 1 aromatic rings. The van der Waals surface area contributed by atoms with Crippen LogP contribution in [-0.4, -0.2) is 5.78 Å². The van der Waals surface area contributed by atoms with Gasteiger partial charge >= 0.3 is 0 Å². The van der Waals surface area contributed by atoms with Crippen molar-refractivity contribution in [2.45, 2.75) is 25.7 Å². The minimum absolute atomic E-state index is 0.346. The molecule has 2 aliphatic carbocycles. The number of rotatable bonds is 1. The molecular formula is C13H14O. The first-order chi connectivity index (χ1) is 6.79. The average molecular weight is 186 g/mol. The van der Waals surface area contributed by atoms with E-state index in [4.69, 9.17) is 0 Å². The number of Topliss-reactive ketones (excluding diaryl/α,β-unsaturated/α-hetero) is 1. The Hall–Kier alpha value is -1.11. The van der Waals surface area contributed by atoms with Gasteiger partial charge in [0.2, 0.25) is 0 Å². The summed E-state index contributed by atoms with van der Waals surface area (Å²) in [5, 5.41) is 0. The Morgan fingerprint density at radius 1 is 1.36 bits per heavy atom. The fraction of sp³-hybridized carbons (Fsp3) is 0.462. The monoisotopic (exact) mass is 186 g/mol. The van der Waals surface area contributed by atoms with Gasteiger partial charge in [0.1, 0.15) is 5.78 Å². The standard InChI is InChI=1S/C13H14O/c1-8(14)12-11-7-6-9-4-2-3-5-10(9)13(11)12/h2-5,11-13H,6-7H2,1H3/t11-,12-,13-/m0/s1. The van der Waals surface area contributed by atoms with Gasteiger partial charge < -0.3 is 0 Å². The summed E-state index contributed by atoms with van der Waals surface area (Å²) in [5.41, 5.74) is 2.92. The molecule has 0 spiro atoms. The number of carbonyl (C=O) groups is 1. The van der Waals surface area contributed by atoms with Gasteiger partial charge in [0.25, 0.3) is 0 Å². The maximum Gasteiger partial charge on any atom is 0.133 e. The summed E-state index contributed by atoms with van der Waals surface area (Å²) < 4.78 is 0. The van der Waals surface area contributed by atoms with Crippen LogP contribution in [0.3, 0.4) is 0 Å². The molecule has 0 aromatic heterocycles. The Labute approximate surface area is 84.1 Å². The predicted molar refractivity (Wildman–Crippen MR) is 55.2 cm³/mol. The van der Waals surface area contributed by atoms with Crippen LogP contribution in [0.2, 0.25) is 0 Å². The minimum atomic E-state index is 0.346. The van der Waals surface area contributed by atoms with Crippen LogP contribution in [0, 0.1) is 11.8 Å². The number of fused-ring (bicyclic) bond motifs is 3. The van der Waals surface area contributed by atoms with E-state index in [1.165, 1.54) is 24.0 Å². The quantitative estimate of drug-likeness (QED) is 0.658. The lowest BCUT2D eigenvalue weighted by atomic mass is 9.92.